The summed E-state index contributed by atoms with van der Waals surface area (Å²) in [6.45, 7) is 3.67. The predicted molar refractivity (Wildman–Crippen MR) is 94.7 cm³/mol. The molecule has 0 saturated heterocycles. The van der Waals surface area contributed by atoms with Crippen molar-refractivity contribution in [2.24, 2.45) is 4.99 Å². The van der Waals surface area contributed by atoms with Crippen molar-refractivity contribution in [3.05, 3.63) is 35.1 Å². The Morgan fingerprint density at radius 2 is 1.96 bits per heavy atom. The summed E-state index contributed by atoms with van der Waals surface area (Å²) >= 11 is 0. The molecule has 0 radical (unpaired) electrons. The summed E-state index contributed by atoms with van der Waals surface area (Å²) in [5.41, 5.74) is 2.02. The lowest BCUT2D eigenvalue weighted by Gasteiger charge is -2.13. The molecule has 8 heteroatoms. The zero-order valence-corrected chi connectivity index (χ0v) is 15.2. The minimum absolute atomic E-state index is 0.0248. The molecule has 2 N–H and O–H groups in total. The van der Waals surface area contributed by atoms with Crippen LogP contribution in [-0.2, 0) is 21.0 Å². The van der Waals surface area contributed by atoms with E-state index in [-0.39, 0.29) is 18.2 Å². The quantitative estimate of drug-likeness (QED) is 0.389. The molecule has 1 rings (SSSR count). The van der Waals surface area contributed by atoms with Crippen molar-refractivity contribution in [1.29, 1.82) is 0 Å². The first-order valence-electron chi connectivity index (χ1n) is 7.77. The molecule has 0 bridgehead atoms. The van der Waals surface area contributed by atoms with Crippen LogP contribution in [0.3, 0.4) is 0 Å². The lowest BCUT2D eigenvalue weighted by Crippen LogP contribution is -2.40. The number of hydrogen-bond donors (Lipinski definition) is 2. The van der Waals surface area contributed by atoms with E-state index in [1.807, 2.05) is 6.92 Å². The Balaban J connectivity index is 2.21. The first-order chi connectivity index (χ1) is 11.3. The number of aryl methyl sites for hydroxylation is 1. The van der Waals surface area contributed by atoms with Gasteiger partial charge >= 0.3 is 0 Å². The van der Waals surface area contributed by atoms with Crippen LogP contribution >= 0.6 is 0 Å². The van der Waals surface area contributed by atoms with Crippen molar-refractivity contribution in [2.75, 3.05) is 45.4 Å². The molecule has 0 atom stereocenters. The molecular formula is C16H26FN3O3S. The smallest absolute Gasteiger partial charge is 0.191 e. The van der Waals surface area contributed by atoms with Crippen LogP contribution in [0, 0.1) is 12.7 Å². The number of guanidine groups is 1. The lowest BCUT2D eigenvalue weighted by atomic mass is 10.1. The molecule has 1 aromatic carbocycles. The van der Waals surface area contributed by atoms with Gasteiger partial charge in [-0.2, -0.15) is 0 Å². The summed E-state index contributed by atoms with van der Waals surface area (Å²) in [6.07, 6.45) is 1.95. The second-order valence-corrected chi connectivity index (χ2v) is 7.75. The number of hydrogen-bond acceptors (Lipinski definition) is 4. The fourth-order valence-electron chi connectivity index (χ4n) is 2.03. The van der Waals surface area contributed by atoms with Crippen molar-refractivity contribution in [1.82, 2.24) is 10.6 Å². The number of aliphatic imine (C=N–C) groups is 1. The first-order valence-corrected chi connectivity index (χ1v) is 9.83. The van der Waals surface area contributed by atoms with Gasteiger partial charge in [0.25, 0.3) is 0 Å². The van der Waals surface area contributed by atoms with Crippen LogP contribution in [0.1, 0.15) is 11.1 Å². The zero-order chi connectivity index (χ0) is 18.0. The van der Waals surface area contributed by atoms with E-state index in [9.17, 15) is 12.8 Å². The largest absolute Gasteiger partial charge is 0.379 e. The maximum atomic E-state index is 13.1. The van der Waals surface area contributed by atoms with Gasteiger partial charge in [-0.15, -0.1) is 0 Å². The number of halogens is 1. The third kappa shape index (κ3) is 8.83. The van der Waals surface area contributed by atoms with E-state index in [1.54, 1.807) is 13.1 Å². The highest BCUT2D eigenvalue weighted by Gasteiger charge is 2.03. The minimum Gasteiger partial charge on any atom is -0.379 e. The number of nitrogens with one attached hydrogen (secondary N) is 2. The Morgan fingerprint density at radius 1 is 1.25 bits per heavy atom. The molecule has 0 aliphatic heterocycles. The molecule has 24 heavy (non-hydrogen) atoms. The number of ether oxygens (including phenoxy) is 1. The average molecular weight is 359 g/mol. The van der Waals surface area contributed by atoms with Crippen LogP contribution in [0.4, 0.5) is 4.39 Å². The molecule has 0 saturated carbocycles. The van der Waals surface area contributed by atoms with Gasteiger partial charge in [0.2, 0.25) is 0 Å². The SMILES string of the molecule is CN=C(NCCOCCS(C)(=O)=O)NCCc1ccc(F)cc1C. The molecule has 0 aromatic heterocycles. The number of benzene rings is 1. The van der Waals surface area contributed by atoms with Crippen molar-refractivity contribution in [2.45, 2.75) is 13.3 Å². The van der Waals surface area contributed by atoms with Crippen LogP contribution in [0.5, 0.6) is 0 Å². The Labute approximate surface area is 143 Å². The van der Waals surface area contributed by atoms with Gasteiger partial charge in [-0.1, -0.05) is 6.07 Å². The predicted octanol–water partition coefficient (Wildman–Crippen LogP) is 0.903. The normalized spacial score (nSPS) is 12.2. The molecule has 0 aliphatic rings. The number of rotatable bonds is 9. The topological polar surface area (TPSA) is 79.8 Å². The summed E-state index contributed by atoms with van der Waals surface area (Å²) in [5, 5.41) is 6.25. The molecule has 0 amide bonds. The monoisotopic (exact) mass is 359 g/mol. The second-order valence-electron chi connectivity index (χ2n) is 5.49. The van der Waals surface area contributed by atoms with Crippen molar-refractivity contribution in [3.8, 4) is 0 Å². The summed E-state index contributed by atoms with van der Waals surface area (Å²) in [6, 6.07) is 4.78. The minimum atomic E-state index is -2.98. The molecule has 136 valence electrons. The van der Waals surface area contributed by atoms with Gasteiger partial charge in [-0.25, -0.2) is 12.8 Å². The summed E-state index contributed by atoms with van der Waals surface area (Å²) in [7, 11) is -1.31. The fraction of sp³-hybridized carbons (Fsp3) is 0.562. The summed E-state index contributed by atoms with van der Waals surface area (Å²) in [5.74, 6) is 0.441. The molecule has 0 fully saturated rings. The van der Waals surface area contributed by atoms with Crippen LogP contribution < -0.4 is 10.6 Å². The Hall–Kier alpha value is -1.67. The van der Waals surface area contributed by atoms with Gasteiger partial charge in [-0.3, -0.25) is 4.99 Å². The average Bonchev–Trinajstić information content (AvgIpc) is 2.49. The molecule has 0 spiro atoms. The van der Waals surface area contributed by atoms with Crippen LogP contribution in [0.25, 0.3) is 0 Å². The van der Waals surface area contributed by atoms with Crippen LogP contribution in [0.15, 0.2) is 23.2 Å². The standard InChI is InChI=1S/C16H26FN3O3S/c1-13-12-15(17)5-4-14(13)6-7-19-16(18-2)20-8-9-23-10-11-24(3,21)22/h4-5,12H,6-11H2,1-3H3,(H2,18,19,20). The van der Waals surface area contributed by atoms with E-state index in [0.29, 0.717) is 25.7 Å². The molecular weight excluding hydrogens is 333 g/mol. The van der Waals surface area contributed by atoms with E-state index in [0.717, 1.165) is 17.5 Å². The van der Waals surface area contributed by atoms with Gasteiger partial charge < -0.3 is 15.4 Å². The van der Waals surface area contributed by atoms with Gasteiger partial charge in [0, 0.05) is 26.4 Å². The van der Waals surface area contributed by atoms with E-state index in [1.165, 1.54) is 18.4 Å². The Bertz CT molecular complexity index is 648. The third-order valence-electron chi connectivity index (χ3n) is 3.35. The van der Waals surface area contributed by atoms with Crippen LogP contribution in [-0.4, -0.2) is 59.7 Å². The van der Waals surface area contributed by atoms with E-state index in [2.05, 4.69) is 15.6 Å². The molecule has 0 aliphatic carbocycles. The van der Waals surface area contributed by atoms with E-state index < -0.39 is 9.84 Å². The number of nitrogens with zero attached hydrogens (tertiary/aromatic N) is 1. The molecule has 6 nitrogen and oxygen atoms in total. The lowest BCUT2D eigenvalue weighted by molar-refractivity contribution is 0.154. The molecule has 0 unspecified atom stereocenters. The Kier molecular flexibility index (Phi) is 8.70. The molecule has 0 heterocycles. The zero-order valence-electron chi connectivity index (χ0n) is 14.4. The number of sulfone groups is 1. The van der Waals surface area contributed by atoms with Gasteiger partial charge in [0.15, 0.2) is 5.96 Å². The van der Waals surface area contributed by atoms with Crippen molar-refractivity contribution < 1.29 is 17.5 Å². The van der Waals surface area contributed by atoms with E-state index >= 15 is 0 Å². The van der Waals surface area contributed by atoms with Crippen LogP contribution in [0.2, 0.25) is 0 Å². The molecule has 1 aromatic rings. The highest BCUT2D eigenvalue weighted by Crippen LogP contribution is 2.10. The van der Waals surface area contributed by atoms with Crippen molar-refractivity contribution in [3.63, 3.8) is 0 Å². The van der Waals surface area contributed by atoms with Gasteiger partial charge in [0.1, 0.15) is 15.7 Å². The summed E-state index contributed by atoms with van der Waals surface area (Å²) < 4.78 is 40.2. The maximum Gasteiger partial charge on any atom is 0.191 e. The van der Waals surface area contributed by atoms with Gasteiger partial charge in [-0.05, 0) is 36.6 Å². The highest BCUT2D eigenvalue weighted by molar-refractivity contribution is 7.90. The highest BCUT2D eigenvalue weighted by atomic mass is 32.2. The van der Waals surface area contributed by atoms with Gasteiger partial charge in [0.05, 0.1) is 19.0 Å². The maximum absolute atomic E-state index is 13.1. The summed E-state index contributed by atoms with van der Waals surface area (Å²) in [4.78, 5) is 4.10. The van der Waals surface area contributed by atoms with E-state index in [4.69, 9.17) is 4.74 Å². The van der Waals surface area contributed by atoms with Crippen molar-refractivity contribution >= 4 is 15.8 Å². The second kappa shape index (κ2) is 10.2. The Morgan fingerprint density at radius 3 is 2.58 bits per heavy atom. The fourth-order valence-corrected chi connectivity index (χ4v) is 2.45. The third-order valence-corrected chi connectivity index (χ3v) is 4.26. The first kappa shape index (κ1) is 20.4.